The van der Waals surface area contributed by atoms with Gasteiger partial charge in [-0.25, -0.2) is 0 Å². The van der Waals surface area contributed by atoms with Gasteiger partial charge in [-0.05, 0) is 65.2 Å². The number of benzene rings is 2. The van der Waals surface area contributed by atoms with E-state index in [1.165, 1.54) is 11.1 Å². The predicted octanol–water partition coefficient (Wildman–Crippen LogP) is 4.94. The first-order chi connectivity index (χ1) is 9.10. The topological polar surface area (TPSA) is 21.3 Å². The van der Waals surface area contributed by atoms with E-state index in [4.69, 9.17) is 4.74 Å². The Kier molecular flexibility index (Phi) is 4.48. The maximum absolute atomic E-state index is 5.17. The molecule has 0 amide bonds. The molecule has 100 valence electrons. The van der Waals surface area contributed by atoms with Crippen LogP contribution in [0.3, 0.4) is 0 Å². The first-order valence-electron chi connectivity index (χ1n) is 6.27. The molecule has 1 N–H and O–H groups in total. The van der Waals surface area contributed by atoms with Gasteiger partial charge in [0, 0.05) is 16.2 Å². The molecule has 0 heterocycles. The zero-order valence-electron chi connectivity index (χ0n) is 11.4. The summed E-state index contributed by atoms with van der Waals surface area (Å²) in [4.78, 5) is 0. The van der Waals surface area contributed by atoms with Crippen molar-refractivity contribution in [2.45, 2.75) is 19.9 Å². The maximum Gasteiger partial charge on any atom is 0.118 e. The molecule has 0 fully saturated rings. The Hall–Kier alpha value is -1.48. The van der Waals surface area contributed by atoms with Crippen molar-refractivity contribution in [3.8, 4) is 5.75 Å². The third kappa shape index (κ3) is 3.51. The van der Waals surface area contributed by atoms with Gasteiger partial charge in [0.2, 0.25) is 0 Å². The van der Waals surface area contributed by atoms with E-state index in [0.717, 1.165) is 15.9 Å². The molecule has 0 aromatic heterocycles. The average Bonchev–Trinajstić information content (AvgIpc) is 2.42. The van der Waals surface area contributed by atoms with Gasteiger partial charge in [-0.3, -0.25) is 0 Å². The van der Waals surface area contributed by atoms with E-state index in [1.807, 2.05) is 12.1 Å². The number of nitrogens with one attached hydrogen (secondary N) is 1. The minimum absolute atomic E-state index is 0.241. The Labute approximate surface area is 122 Å². The van der Waals surface area contributed by atoms with Gasteiger partial charge in [0.25, 0.3) is 0 Å². The van der Waals surface area contributed by atoms with Crippen LogP contribution in [-0.2, 0) is 0 Å². The van der Waals surface area contributed by atoms with Crippen molar-refractivity contribution in [1.29, 1.82) is 0 Å². The number of aryl methyl sites for hydroxylation is 1. The van der Waals surface area contributed by atoms with E-state index in [9.17, 15) is 0 Å². The summed E-state index contributed by atoms with van der Waals surface area (Å²) < 4.78 is 6.26. The molecule has 2 rings (SSSR count). The van der Waals surface area contributed by atoms with Crippen LogP contribution in [-0.4, -0.2) is 7.11 Å². The molecular formula is C16H18BrNO. The molecule has 3 heteroatoms. The van der Waals surface area contributed by atoms with Crippen molar-refractivity contribution in [3.63, 3.8) is 0 Å². The van der Waals surface area contributed by atoms with Gasteiger partial charge < -0.3 is 10.1 Å². The number of anilines is 1. The fourth-order valence-electron chi connectivity index (χ4n) is 1.95. The van der Waals surface area contributed by atoms with E-state index in [2.05, 4.69) is 65.4 Å². The van der Waals surface area contributed by atoms with Gasteiger partial charge in [-0.1, -0.05) is 18.2 Å². The normalized spacial score (nSPS) is 12.0. The molecule has 2 nitrogen and oxygen atoms in total. The summed E-state index contributed by atoms with van der Waals surface area (Å²) in [7, 11) is 1.68. The van der Waals surface area contributed by atoms with Crippen molar-refractivity contribution in [1.82, 2.24) is 0 Å². The summed E-state index contributed by atoms with van der Waals surface area (Å²) >= 11 is 3.59. The monoisotopic (exact) mass is 319 g/mol. The highest BCUT2D eigenvalue weighted by Gasteiger charge is 2.07. The van der Waals surface area contributed by atoms with Gasteiger partial charge in [-0.15, -0.1) is 0 Å². The van der Waals surface area contributed by atoms with Crippen LogP contribution in [0.5, 0.6) is 5.75 Å². The second-order valence-electron chi connectivity index (χ2n) is 4.62. The first kappa shape index (κ1) is 13.9. The zero-order valence-corrected chi connectivity index (χ0v) is 13.0. The molecule has 0 aliphatic carbocycles. The van der Waals surface area contributed by atoms with Crippen LogP contribution in [0, 0.1) is 6.92 Å². The second kappa shape index (κ2) is 6.11. The number of rotatable bonds is 4. The summed E-state index contributed by atoms with van der Waals surface area (Å²) in [5.74, 6) is 0.882. The molecule has 0 radical (unpaired) electrons. The molecule has 0 aliphatic rings. The summed E-state index contributed by atoms with van der Waals surface area (Å²) in [6.07, 6.45) is 0. The molecule has 0 aliphatic heterocycles. The van der Waals surface area contributed by atoms with Crippen LogP contribution >= 0.6 is 15.9 Å². The van der Waals surface area contributed by atoms with Crippen LogP contribution in [0.25, 0.3) is 0 Å². The Morgan fingerprint density at radius 1 is 1.11 bits per heavy atom. The Morgan fingerprint density at radius 3 is 2.37 bits per heavy atom. The fraction of sp³-hybridized carbons (Fsp3) is 0.250. The van der Waals surface area contributed by atoms with Crippen molar-refractivity contribution in [3.05, 3.63) is 58.1 Å². The van der Waals surface area contributed by atoms with E-state index in [0.29, 0.717) is 0 Å². The van der Waals surface area contributed by atoms with Crippen molar-refractivity contribution >= 4 is 21.6 Å². The lowest BCUT2D eigenvalue weighted by molar-refractivity contribution is 0.414. The van der Waals surface area contributed by atoms with Crippen molar-refractivity contribution in [2.24, 2.45) is 0 Å². The smallest absolute Gasteiger partial charge is 0.118 e. The van der Waals surface area contributed by atoms with E-state index in [1.54, 1.807) is 7.11 Å². The van der Waals surface area contributed by atoms with Gasteiger partial charge >= 0.3 is 0 Å². The molecule has 2 aromatic carbocycles. The number of halogens is 1. The third-order valence-corrected chi connectivity index (χ3v) is 3.77. The molecule has 1 atom stereocenters. The molecule has 0 saturated carbocycles. The number of hydrogen-bond donors (Lipinski definition) is 1. The highest BCUT2D eigenvalue weighted by atomic mass is 79.9. The van der Waals surface area contributed by atoms with E-state index < -0.39 is 0 Å². The predicted molar refractivity (Wildman–Crippen MR) is 83.9 cm³/mol. The lowest BCUT2D eigenvalue weighted by Gasteiger charge is -2.17. The maximum atomic E-state index is 5.17. The van der Waals surface area contributed by atoms with E-state index >= 15 is 0 Å². The van der Waals surface area contributed by atoms with Gasteiger partial charge in [0.15, 0.2) is 0 Å². The van der Waals surface area contributed by atoms with E-state index in [-0.39, 0.29) is 6.04 Å². The molecule has 2 aromatic rings. The summed E-state index contributed by atoms with van der Waals surface area (Å²) in [6.45, 7) is 4.23. The Morgan fingerprint density at radius 2 is 1.79 bits per heavy atom. The van der Waals surface area contributed by atoms with Gasteiger partial charge in [0.1, 0.15) is 5.75 Å². The zero-order chi connectivity index (χ0) is 13.8. The highest BCUT2D eigenvalue weighted by molar-refractivity contribution is 9.10. The summed E-state index contributed by atoms with van der Waals surface area (Å²) in [5, 5.41) is 3.50. The lowest BCUT2D eigenvalue weighted by Crippen LogP contribution is -2.07. The molecule has 19 heavy (non-hydrogen) atoms. The standard InChI is InChI=1S/C16H18BrNO/c1-11-4-9-16(15(17)10-11)18-12(2)13-5-7-14(19-3)8-6-13/h4-10,12,18H,1-3H3. The van der Waals surface area contributed by atoms with Crippen LogP contribution in [0.4, 0.5) is 5.69 Å². The van der Waals surface area contributed by atoms with Crippen LogP contribution < -0.4 is 10.1 Å². The van der Waals surface area contributed by atoms with Crippen LogP contribution in [0.1, 0.15) is 24.1 Å². The van der Waals surface area contributed by atoms with Crippen LogP contribution in [0.15, 0.2) is 46.9 Å². The summed E-state index contributed by atoms with van der Waals surface area (Å²) in [6, 6.07) is 14.7. The number of methoxy groups -OCH3 is 1. The van der Waals surface area contributed by atoms with Crippen molar-refractivity contribution in [2.75, 3.05) is 12.4 Å². The Bertz CT molecular complexity index is 551. The minimum Gasteiger partial charge on any atom is -0.497 e. The summed E-state index contributed by atoms with van der Waals surface area (Å²) in [5.41, 5.74) is 3.58. The molecule has 0 bridgehead atoms. The average molecular weight is 320 g/mol. The largest absolute Gasteiger partial charge is 0.497 e. The fourth-order valence-corrected chi connectivity index (χ4v) is 2.55. The first-order valence-corrected chi connectivity index (χ1v) is 7.06. The van der Waals surface area contributed by atoms with Crippen molar-refractivity contribution < 1.29 is 4.74 Å². The van der Waals surface area contributed by atoms with Crippen LogP contribution in [0.2, 0.25) is 0 Å². The SMILES string of the molecule is COc1ccc(C(C)Nc2ccc(C)cc2Br)cc1. The second-order valence-corrected chi connectivity index (χ2v) is 5.48. The molecular weight excluding hydrogens is 302 g/mol. The van der Waals surface area contributed by atoms with Gasteiger partial charge in [-0.2, -0.15) is 0 Å². The van der Waals surface area contributed by atoms with Gasteiger partial charge in [0.05, 0.1) is 7.11 Å². The lowest BCUT2D eigenvalue weighted by atomic mass is 10.1. The molecule has 1 unspecified atom stereocenters. The minimum atomic E-state index is 0.241. The quantitative estimate of drug-likeness (QED) is 0.861. The Balaban J connectivity index is 2.13. The third-order valence-electron chi connectivity index (χ3n) is 3.11. The molecule has 0 saturated heterocycles. The number of hydrogen-bond acceptors (Lipinski definition) is 2. The highest BCUT2D eigenvalue weighted by Crippen LogP contribution is 2.28. The molecule has 0 spiro atoms. The number of ether oxygens (including phenoxy) is 1.